The number of nitrogen functional groups attached to an aromatic ring is 1. The molecular formula is C15H23BrN2O2S. The van der Waals surface area contributed by atoms with E-state index in [0.29, 0.717) is 40.0 Å². The molecule has 0 bridgehead atoms. The SMILES string of the molecule is CC(C)C1CCCN(S(=O)(=O)c2ccc(N)cc2Br)CC1. The third kappa shape index (κ3) is 3.79. The van der Waals surface area contributed by atoms with Crippen molar-refractivity contribution in [3.05, 3.63) is 22.7 Å². The molecule has 0 aliphatic carbocycles. The first kappa shape index (κ1) is 16.8. The Labute approximate surface area is 135 Å². The van der Waals surface area contributed by atoms with Crippen LogP contribution >= 0.6 is 15.9 Å². The minimum Gasteiger partial charge on any atom is -0.399 e. The molecule has 118 valence electrons. The number of nitrogens with two attached hydrogens (primary N) is 1. The molecule has 4 nitrogen and oxygen atoms in total. The molecule has 0 aromatic heterocycles. The van der Waals surface area contributed by atoms with Gasteiger partial charge in [-0.1, -0.05) is 13.8 Å². The van der Waals surface area contributed by atoms with Gasteiger partial charge in [0.2, 0.25) is 10.0 Å². The van der Waals surface area contributed by atoms with Gasteiger partial charge in [-0.05, 0) is 65.2 Å². The molecule has 1 atom stereocenters. The number of rotatable bonds is 3. The Kier molecular flexibility index (Phi) is 5.33. The normalized spacial score (nSPS) is 21.4. The molecule has 21 heavy (non-hydrogen) atoms. The van der Waals surface area contributed by atoms with E-state index in [0.717, 1.165) is 19.3 Å². The van der Waals surface area contributed by atoms with Gasteiger partial charge in [0.1, 0.15) is 0 Å². The topological polar surface area (TPSA) is 63.4 Å². The highest BCUT2D eigenvalue weighted by molar-refractivity contribution is 9.10. The minimum absolute atomic E-state index is 0.305. The summed E-state index contributed by atoms with van der Waals surface area (Å²) in [5.41, 5.74) is 6.24. The highest BCUT2D eigenvalue weighted by Gasteiger charge is 2.29. The Morgan fingerprint density at radius 2 is 2.00 bits per heavy atom. The number of anilines is 1. The Morgan fingerprint density at radius 1 is 1.29 bits per heavy atom. The zero-order chi connectivity index (χ0) is 15.6. The Balaban J connectivity index is 2.23. The lowest BCUT2D eigenvalue weighted by Crippen LogP contribution is -2.32. The Hall–Kier alpha value is -0.590. The summed E-state index contributed by atoms with van der Waals surface area (Å²) in [5.74, 6) is 1.22. The van der Waals surface area contributed by atoms with E-state index in [4.69, 9.17) is 5.73 Å². The van der Waals surface area contributed by atoms with E-state index < -0.39 is 10.0 Å². The largest absolute Gasteiger partial charge is 0.399 e. The van der Waals surface area contributed by atoms with Crippen molar-refractivity contribution in [2.75, 3.05) is 18.8 Å². The molecule has 0 saturated carbocycles. The minimum atomic E-state index is -3.45. The van der Waals surface area contributed by atoms with Gasteiger partial charge in [-0.2, -0.15) is 4.31 Å². The zero-order valence-corrected chi connectivity index (χ0v) is 15.0. The Bertz CT molecular complexity index is 602. The summed E-state index contributed by atoms with van der Waals surface area (Å²) in [5, 5.41) is 0. The van der Waals surface area contributed by atoms with Crippen LogP contribution in [0, 0.1) is 11.8 Å². The average Bonchev–Trinajstić information content (AvgIpc) is 2.64. The van der Waals surface area contributed by atoms with Crippen LogP contribution in [0.5, 0.6) is 0 Å². The highest BCUT2D eigenvalue weighted by atomic mass is 79.9. The van der Waals surface area contributed by atoms with E-state index in [1.165, 1.54) is 0 Å². The fraction of sp³-hybridized carbons (Fsp3) is 0.600. The monoisotopic (exact) mass is 374 g/mol. The van der Waals surface area contributed by atoms with Crippen molar-refractivity contribution in [1.29, 1.82) is 0 Å². The molecule has 1 fully saturated rings. The molecule has 0 amide bonds. The number of halogens is 1. The summed E-state index contributed by atoms with van der Waals surface area (Å²) in [4.78, 5) is 0.305. The van der Waals surface area contributed by atoms with Crippen LogP contribution in [-0.2, 0) is 10.0 Å². The standard InChI is InChI=1S/C15H23BrN2O2S/c1-11(2)12-4-3-8-18(9-7-12)21(19,20)15-6-5-13(17)10-14(15)16/h5-6,10-12H,3-4,7-9,17H2,1-2H3. The maximum atomic E-state index is 12.8. The van der Waals surface area contributed by atoms with Gasteiger partial charge < -0.3 is 5.73 Å². The van der Waals surface area contributed by atoms with Crippen LogP contribution in [0.1, 0.15) is 33.1 Å². The summed E-state index contributed by atoms with van der Waals surface area (Å²) in [6, 6.07) is 4.85. The van der Waals surface area contributed by atoms with E-state index >= 15 is 0 Å². The van der Waals surface area contributed by atoms with Gasteiger partial charge in [0.05, 0.1) is 4.90 Å². The van der Waals surface area contributed by atoms with Gasteiger partial charge in [0.15, 0.2) is 0 Å². The first-order chi connectivity index (χ1) is 9.82. The van der Waals surface area contributed by atoms with Gasteiger partial charge >= 0.3 is 0 Å². The molecule has 2 N–H and O–H groups in total. The Morgan fingerprint density at radius 3 is 2.62 bits per heavy atom. The number of nitrogens with zero attached hydrogens (tertiary/aromatic N) is 1. The molecule has 1 aliphatic heterocycles. The molecular weight excluding hydrogens is 352 g/mol. The molecule has 0 spiro atoms. The molecule has 2 rings (SSSR count). The van der Waals surface area contributed by atoms with E-state index in [9.17, 15) is 8.42 Å². The van der Waals surface area contributed by atoms with Crippen LogP contribution in [0.4, 0.5) is 5.69 Å². The molecule has 1 saturated heterocycles. The molecule has 0 radical (unpaired) electrons. The summed E-state index contributed by atoms with van der Waals surface area (Å²) in [6.07, 6.45) is 2.96. The summed E-state index contributed by atoms with van der Waals surface area (Å²) < 4.78 is 27.8. The van der Waals surface area contributed by atoms with Crippen molar-refractivity contribution in [2.45, 2.75) is 38.0 Å². The number of hydrogen-bond acceptors (Lipinski definition) is 3. The molecule has 1 aromatic rings. The lowest BCUT2D eigenvalue weighted by atomic mass is 9.89. The van der Waals surface area contributed by atoms with Crippen molar-refractivity contribution in [3.63, 3.8) is 0 Å². The predicted molar refractivity (Wildman–Crippen MR) is 89.5 cm³/mol. The quantitative estimate of drug-likeness (QED) is 0.823. The maximum absolute atomic E-state index is 12.8. The zero-order valence-electron chi connectivity index (χ0n) is 12.5. The lowest BCUT2D eigenvalue weighted by Gasteiger charge is -2.22. The van der Waals surface area contributed by atoms with E-state index in [2.05, 4.69) is 29.8 Å². The van der Waals surface area contributed by atoms with Gasteiger partial charge in [0.25, 0.3) is 0 Å². The van der Waals surface area contributed by atoms with E-state index in [-0.39, 0.29) is 0 Å². The molecule has 6 heteroatoms. The third-order valence-corrected chi connectivity index (χ3v) is 7.12. The molecule has 1 heterocycles. The summed E-state index contributed by atoms with van der Waals surface area (Å²) in [6.45, 7) is 5.63. The maximum Gasteiger partial charge on any atom is 0.244 e. The smallest absolute Gasteiger partial charge is 0.244 e. The first-order valence-corrected chi connectivity index (χ1v) is 9.61. The fourth-order valence-corrected chi connectivity index (χ4v) is 5.42. The second kappa shape index (κ2) is 6.67. The van der Waals surface area contributed by atoms with E-state index in [1.54, 1.807) is 22.5 Å². The van der Waals surface area contributed by atoms with Gasteiger partial charge in [-0.15, -0.1) is 0 Å². The van der Waals surface area contributed by atoms with Crippen molar-refractivity contribution in [1.82, 2.24) is 4.31 Å². The first-order valence-electron chi connectivity index (χ1n) is 7.37. The van der Waals surface area contributed by atoms with Crippen molar-refractivity contribution in [3.8, 4) is 0 Å². The number of sulfonamides is 1. The van der Waals surface area contributed by atoms with Gasteiger partial charge in [0, 0.05) is 23.2 Å². The second-order valence-electron chi connectivity index (χ2n) is 6.03. The summed E-state index contributed by atoms with van der Waals surface area (Å²) >= 11 is 3.32. The fourth-order valence-electron chi connectivity index (χ4n) is 2.87. The van der Waals surface area contributed by atoms with Crippen LogP contribution in [0.3, 0.4) is 0 Å². The molecule has 1 unspecified atom stereocenters. The van der Waals surface area contributed by atoms with Crippen molar-refractivity contribution >= 4 is 31.6 Å². The number of hydrogen-bond donors (Lipinski definition) is 1. The third-order valence-electron chi connectivity index (χ3n) is 4.25. The van der Waals surface area contributed by atoms with Crippen molar-refractivity contribution < 1.29 is 8.42 Å². The average molecular weight is 375 g/mol. The predicted octanol–water partition coefficient (Wildman–Crippen LogP) is 3.48. The highest BCUT2D eigenvalue weighted by Crippen LogP contribution is 2.31. The van der Waals surface area contributed by atoms with Crippen LogP contribution in [0.15, 0.2) is 27.6 Å². The van der Waals surface area contributed by atoms with Gasteiger partial charge in [-0.3, -0.25) is 0 Å². The second-order valence-corrected chi connectivity index (χ2v) is 8.79. The van der Waals surface area contributed by atoms with Crippen LogP contribution in [0.25, 0.3) is 0 Å². The van der Waals surface area contributed by atoms with Crippen LogP contribution in [-0.4, -0.2) is 25.8 Å². The molecule has 1 aliphatic rings. The lowest BCUT2D eigenvalue weighted by molar-refractivity contribution is 0.340. The van der Waals surface area contributed by atoms with Crippen LogP contribution in [0.2, 0.25) is 0 Å². The molecule has 1 aromatic carbocycles. The van der Waals surface area contributed by atoms with Crippen molar-refractivity contribution in [2.24, 2.45) is 11.8 Å². The van der Waals surface area contributed by atoms with Crippen LogP contribution < -0.4 is 5.73 Å². The number of benzene rings is 1. The summed E-state index contributed by atoms with van der Waals surface area (Å²) in [7, 11) is -3.45. The van der Waals surface area contributed by atoms with Gasteiger partial charge in [-0.25, -0.2) is 8.42 Å². The van der Waals surface area contributed by atoms with E-state index in [1.807, 2.05) is 0 Å².